The van der Waals surface area contributed by atoms with Crippen LogP contribution < -0.4 is 5.73 Å². The van der Waals surface area contributed by atoms with Crippen molar-refractivity contribution in [3.8, 4) is 0 Å². The van der Waals surface area contributed by atoms with E-state index in [1.165, 1.54) is 38.8 Å². The molecule has 0 radical (unpaired) electrons. The fourth-order valence-corrected chi connectivity index (χ4v) is 2.37. The highest BCUT2D eigenvalue weighted by atomic mass is 15.1. The molecule has 0 aromatic rings. The van der Waals surface area contributed by atoms with Crippen LogP contribution in [0.15, 0.2) is 0 Å². The fourth-order valence-electron chi connectivity index (χ4n) is 2.37. The second-order valence-corrected chi connectivity index (χ2v) is 4.52. The van der Waals surface area contributed by atoms with Gasteiger partial charge in [0, 0.05) is 6.54 Å². The average molecular weight is 184 g/mol. The summed E-state index contributed by atoms with van der Waals surface area (Å²) in [5.41, 5.74) is 5.72. The number of rotatable bonds is 4. The maximum absolute atomic E-state index is 5.72. The Kier molecular flexibility index (Phi) is 4.74. The van der Waals surface area contributed by atoms with Crippen LogP contribution in [0.2, 0.25) is 0 Å². The molecule has 1 aliphatic rings. The summed E-state index contributed by atoms with van der Waals surface area (Å²) in [5.74, 6) is 1.67. The van der Waals surface area contributed by atoms with Gasteiger partial charge in [-0.25, -0.2) is 0 Å². The summed E-state index contributed by atoms with van der Waals surface area (Å²) >= 11 is 0. The molecule has 2 unspecified atom stereocenters. The predicted octanol–water partition coefficient (Wildman–Crippen LogP) is 1.70. The van der Waals surface area contributed by atoms with E-state index in [4.69, 9.17) is 5.73 Å². The Labute approximate surface area is 82.5 Å². The molecular formula is C11H24N2. The van der Waals surface area contributed by atoms with Crippen LogP contribution in [-0.2, 0) is 0 Å². The first-order valence-corrected chi connectivity index (χ1v) is 5.64. The molecule has 2 heteroatoms. The fraction of sp³-hybridized carbons (Fsp3) is 1.00. The number of likely N-dealkylation sites (tertiary alicyclic amines) is 1. The van der Waals surface area contributed by atoms with Crippen molar-refractivity contribution in [3.63, 3.8) is 0 Å². The van der Waals surface area contributed by atoms with Crippen LogP contribution in [-0.4, -0.2) is 31.6 Å². The van der Waals surface area contributed by atoms with Crippen LogP contribution in [0.4, 0.5) is 0 Å². The largest absolute Gasteiger partial charge is 0.330 e. The molecule has 2 N–H and O–H groups in total. The van der Waals surface area contributed by atoms with Crippen molar-refractivity contribution in [2.45, 2.75) is 32.6 Å². The minimum Gasteiger partial charge on any atom is -0.330 e. The topological polar surface area (TPSA) is 29.3 Å². The minimum absolute atomic E-state index is 0.761. The maximum atomic E-state index is 5.72. The van der Waals surface area contributed by atoms with E-state index >= 15 is 0 Å². The summed E-state index contributed by atoms with van der Waals surface area (Å²) in [4.78, 5) is 2.46. The zero-order chi connectivity index (χ0) is 9.68. The molecule has 1 rings (SSSR count). The van der Waals surface area contributed by atoms with Crippen molar-refractivity contribution in [3.05, 3.63) is 0 Å². The summed E-state index contributed by atoms with van der Waals surface area (Å²) in [7, 11) is 2.23. The third kappa shape index (κ3) is 3.65. The van der Waals surface area contributed by atoms with Crippen molar-refractivity contribution < 1.29 is 0 Å². The Bertz CT molecular complexity index is 132. The van der Waals surface area contributed by atoms with Gasteiger partial charge >= 0.3 is 0 Å². The molecule has 2 atom stereocenters. The lowest BCUT2D eigenvalue weighted by atomic mass is 9.87. The Hall–Kier alpha value is -0.0800. The smallest absolute Gasteiger partial charge is 0.000672 e. The van der Waals surface area contributed by atoms with E-state index in [9.17, 15) is 0 Å². The summed E-state index contributed by atoms with van der Waals surface area (Å²) in [6.07, 6.45) is 5.39. The zero-order valence-electron chi connectivity index (χ0n) is 9.13. The van der Waals surface area contributed by atoms with Crippen LogP contribution >= 0.6 is 0 Å². The lowest BCUT2D eigenvalue weighted by Gasteiger charge is -2.31. The molecule has 0 amide bonds. The van der Waals surface area contributed by atoms with Crippen molar-refractivity contribution in [1.29, 1.82) is 0 Å². The van der Waals surface area contributed by atoms with Gasteiger partial charge in [0.25, 0.3) is 0 Å². The van der Waals surface area contributed by atoms with E-state index in [1.54, 1.807) is 0 Å². The molecule has 13 heavy (non-hydrogen) atoms. The SMILES string of the molecule is CCC(CN)CC1CCCN(C)C1. The first kappa shape index (κ1) is 11.0. The van der Waals surface area contributed by atoms with Crippen LogP contribution in [0.3, 0.4) is 0 Å². The highest BCUT2D eigenvalue weighted by Crippen LogP contribution is 2.23. The summed E-state index contributed by atoms with van der Waals surface area (Å²) in [6.45, 7) is 5.70. The zero-order valence-corrected chi connectivity index (χ0v) is 9.13. The molecule has 1 heterocycles. The van der Waals surface area contributed by atoms with E-state index in [0.29, 0.717) is 0 Å². The molecule has 0 spiro atoms. The monoisotopic (exact) mass is 184 g/mol. The Morgan fingerprint density at radius 2 is 2.31 bits per heavy atom. The summed E-state index contributed by atoms with van der Waals surface area (Å²) in [5, 5.41) is 0. The van der Waals surface area contributed by atoms with Crippen LogP contribution in [0.25, 0.3) is 0 Å². The van der Waals surface area contributed by atoms with Gasteiger partial charge in [-0.3, -0.25) is 0 Å². The van der Waals surface area contributed by atoms with Crippen molar-refractivity contribution in [1.82, 2.24) is 4.90 Å². The van der Waals surface area contributed by atoms with Crippen molar-refractivity contribution in [2.24, 2.45) is 17.6 Å². The highest BCUT2D eigenvalue weighted by molar-refractivity contribution is 4.73. The van der Waals surface area contributed by atoms with E-state index < -0.39 is 0 Å². The van der Waals surface area contributed by atoms with E-state index in [0.717, 1.165) is 18.4 Å². The van der Waals surface area contributed by atoms with Crippen molar-refractivity contribution >= 4 is 0 Å². The molecule has 0 bridgehead atoms. The molecule has 1 fully saturated rings. The second kappa shape index (κ2) is 5.61. The van der Waals surface area contributed by atoms with Crippen molar-refractivity contribution in [2.75, 3.05) is 26.7 Å². The van der Waals surface area contributed by atoms with Gasteiger partial charge in [0.1, 0.15) is 0 Å². The molecule has 0 aromatic carbocycles. The minimum atomic E-state index is 0.761. The molecule has 1 aliphatic heterocycles. The van der Waals surface area contributed by atoms with Crippen LogP contribution in [0.5, 0.6) is 0 Å². The average Bonchev–Trinajstić information content (AvgIpc) is 2.14. The van der Waals surface area contributed by atoms with E-state index in [2.05, 4.69) is 18.9 Å². The number of hydrogen-bond acceptors (Lipinski definition) is 2. The van der Waals surface area contributed by atoms with Gasteiger partial charge in [-0.1, -0.05) is 13.3 Å². The number of piperidine rings is 1. The first-order valence-electron chi connectivity index (χ1n) is 5.64. The first-order chi connectivity index (χ1) is 6.26. The molecule has 1 saturated heterocycles. The standard InChI is InChI=1S/C11H24N2/c1-3-10(8-12)7-11-5-4-6-13(2)9-11/h10-11H,3-9,12H2,1-2H3. The van der Waals surface area contributed by atoms with Gasteiger partial charge in [0.2, 0.25) is 0 Å². The number of hydrogen-bond donors (Lipinski definition) is 1. The quantitative estimate of drug-likeness (QED) is 0.720. The normalized spacial score (nSPS) is 27.5. The molecule has 0 aliphatic carbocycles. The molecule has 0 saturated carbocycles. The highest BCUT2D eigenvalue weighted by Gasteiger charge is 2.19. The lowest BCUT2D eigenvalue weighted by Crippen LogP contribution is -2.33. The molecule has 78 valence electrons. The molecule has 2 nitrogen and oxygen atoms in total. The predicted molar refractivity (Wildman–Crippen MR) is 57.7 cm³/mol. The third-order valence-electron chi connectivity index (χ3n) is 3.30. The van der Waals surface area contributed by atoms with E-state index in [1.807, 2.05) is 0 Å². The summed E-state index contributed by atoms with van der Waals surface area (Å²) in [6, 6.07) is 0. The Morgan fingerprint density at radius 3 is 2.85 bits per heavy atom. The van der Waals surface area contributed by atoms with Gasteiger partial charge in [-0.2, -0.15) is 0 Å². The second-order valence-electron chi connectivity index (χ2n) is 4.52. The number of nitrogens with zero attached hydrogens (tertiary/aromatic N) is 1. The van der Waals surface area contributed by atoms with E-state index in [-0.39, 0.29) is 0 Å². The Morgan fingerprint density at radius 1 is 1.54 bits per heavy atom. The summed E-state index contributed by atoms with van der Waals surface area (Å²) < 4.78 is 0. The van der Waals surface area contributed by atoms with Gasteiger partial charge < -0.3 is 10.6 Å². The lowest BCUT2D eigenvalue weighted by molar-refractivity contribution is 0.184. The van der Waals surface area contributed by atoms with Gasteiger partial charge in [0.15, 0.2) is 0 Å². The van der Waals surface area contributed by atoms with Gasteiger partial charge in [0.05, 0.1) is 0 Å². The molecule has 0 aromatic heterocycles. The Balaban J connectivity index is 2.26. The van der Waals surface area contributed by atoms with Crippen LogP contribution in [0, 0.1) is 11.8 Å². The maximum Gasteiger partial charge on any atom is 0.000672 e. The van der Waals surface area contributed by atoms with Crippen LogP contribution in [0.1, 0.15) is 32.6 Å². The third-order valence-corrected chi connectivity index (χ3v) is 3.30. The van der Waals surface area contributed by atoms with Gasteiger partial charge in [-0.05, 0) is 51.2 Å². The number of nitrogens with two attached hydrogens (primary N) is 1. The van der Waals surface area contributed by atoms with Gasteiger partial charge in [-0.15, -0.1) is 0 Å². The molecular weight excluding hydrogens is 160 g/mol.